The summed E-state index contributed by atoms with van der Waals surface area (Å²) in [5.41, 5.74) is 1.54. The van der Waals surface area contributed by atoms with E-state index in [1.165, 1.54) is 18.0 Å². The van der Waals surface area contributed by atoms with Gasteiger partial charge < -0.3 is 10.1 Å². The summed E-state index contributed by atoms with van der Waals surface area (Å²) in [4.78, 5) is 22.8. The maximum absolute atomic E-state index is 11.7. The quantitative estimate of drug-likeness (QED) is 0.837. The second-order valence-electron chi connectivity index (χ2n) is 3.86. The van der Waals surface area contributed by atoms with E-state index in [2.05, 4.69) is 15.2 Å². The molecule has 7 heteroatoms. The zero-order valence-corrected chi connectivity index (χ0v) is 11.1. The van der Waals surface area contributed by atoms with Gasteiger partial charge in [-0.05, 0) is 22.4 Å². The number of carbonyl (C=O) groups is 2. The Balaban J connectivity index is 1.89. The van der Waals surface area contributed by atoms with E-state index in [0.29, 0.717) is 12.1 Å². The number of thiophene rings is 1. The van der Waals surface area contributed by atoms with Crippen LogP contribution in [0.2, 0.25) is 0 Å². The molecule has 6 nitrogen and oxygen atoms in total. The van der Waals surface area contributed by atoms with Gasteiger partial charge in [0.25, 0.3) is 0 Å². The van der Waals surface area contributed by atoms with Gasteiger partial charge in [-0.15, -0.1) is 0 Å². The molecule has 0 saturated heterocycles. The average Bonchev–Trinajstić information content (AvgIpc) is 3.01. The number of ether oxygens (including phenoxy) is 1. The molecule has 1 N–H and O–H groups in total. The number of nitrogens with zero attached hydrogens (tertiary/aromatic N) is 2. The highest BCUT2D eigenvalue weighted by molar-refractivity contribution is 7.08. The molecule has 19 heavy (non-hydrogen) atoms. The summed E-state index contributed by atoms with van der Waals surface area (Å²) < 4.78 is 5.94. The fourth-order valence-electron chi connectivity index (χ4n) is 1.50. The maximum Gasteiger partial charge on any atom is 0.327 e. The molecule has 0 radical (unpaired) electrons. The van der Waals surface area contributed by atoms with Gasteiger partial charge >= 0.3 is 5.97 Å². The Hall–Kier alpha value is -2.15. The molecule has 0 bridgehead atoms. The van der Waals surface area contributed by atoms with E-state index in [9.17, 15) is 9.59 Å². The first-order valence-electron chi connectivity index (χ1n) is 5.57. The Bertz CT molecular complexity index is 563. The van der Waals surface area contributed by atoms with Crippen molar-refractivity contribution in [2.24, 2.45) is 0 Å². The number of amides is 1. The molecule has 1 amide bonds. The van der Waals surface area contributed by atoms with E-state index in [4.69, 9.17) is 0 Å². The van der Waals surface area contributed by atoms with Crippen LogP contribution in [0.5, 0.6) is 0 Å². The van der Waals surface area contributed by atoms with Gasteiger partial charge in [0.05, 0.1) is 25.4 Å². The standard InChI is InChI=1S/C12H13N3O3S/c1-18-12(17)7-15-6-10(5-13-15)14-11(16)4-9-2-3-19-8-9/h2-3,5-6,8H,4,7H2,1H3,(H,14,16). The minimum Gasteiger partial charge on any atom is -0.468 e. The Kier molecular flexibility index (Phi) is 4.30. The number of anilines is 1. The van der Waals surface area contributed by atoms with Crippen LogP contribution in [0.3, 0.4) is 0 Å². The van der Waals surface area contributed by atoms with Crippen LogP contribution in [0.15, 0.2) is 29.2 Å². The molecule has 0 atom stereocenters. The van der Waals surface area contributed by atoms with Crippen LogP contribution in [-0.2, 0) is 27.3 Å². The predicted octanol–water partition coefficient (Wildman–Crippen LogP) is 1.30. The molecule has 2 rings (SSSR count). The third kappa shape index (κ3) is 3.92. The first-order valence-corrected chi connectivity index (χ1v) is 6.52. The van der Waals surface area contributed by atoms with Gasteiger partial charge in [-0.25, -0.2) is 0 Å². The van der Waals surface area contributed by atoms with Crippen molar-refractivity contribution in [3.63, 3.8) is 0 Å². The molecule has 2 aromatic rings. The Labute approximate surface area is 114 Å². The Morgan fingerprint density at radius 2 is 2.37 bits per heavy atom. The lowest BCUT2D eigenvalue weighted by molar-refractivity contribution is -0.141. The van der Waals surface area contributed by atoms with E-state index in [0.717, 1.165) is 5.56 Å². The third-order valence-corrected chi connectivity index (χ3v) is 3.11. The summed E-state index contributed by atoms with van der Waals surface area (Å²) in [7, 11) is 1.31. The highest BCUT2D eigenvalue weighted by Gasteiger charge is 2.08. The summed E-state index contributed by atoms with van der Waals surface area (Å²) in [6.07, 6.45) is 3.41. The maximum atomic E-state index is 11.7. The lowest BCUT2D eigenvalue weighted by atomic mass is 10.2. The van der Waals surface area contributed by atoms with Crippen molar-refractivity contribution in [2.75, 3.05) is 12.4 Å². The number of carbonyl (C=O) groups excluding carboxylic acids is 2. The molecule has 0 aliphatic rings. The summed E-state index contributed by atoms with van der Waals surface area (Å²) in [6, 6.07) is 1.91. The zero-order chi connectivity index (χ0) is 13.7. The van der Waals surface area contributed by atoms with E-state index in [-0.39, 0.29) is 18.4 Å². The van der Waals surface area contributed by atoms with E-state index in [1.54, 1.807) is 17.5 Å². The number of nitrogens with one attached hydrogen (secondary N) is 1. The molecule has 2 heterocycles. The average molecular weight is 279 g/mol. The summed E-state index contributed by atoms with van der Waals surface area (Å²) >= 11 is 1.55. The molecule has 0 aromatic carbocycles. The fourth-order valence-corrected chi connectivity index (χ4v) is 2.16. The van der Waals surface area contributed by atoms with Crippen molar-refractivity contribution in [3.05, 3.63) is 34.8 Å². The Morgan fingerprint density at radius 3 is 3.05 bits per heavy atom. The van der Waals surface area contributed by atoms with E-state index in [1.807, 2.05) is 16.8 Å². The minimum absolute atomic E-state index is 0.0247. The van der Waals surface area contributed by atoms with Crippen LogP contribution >= 0.6 is 11.3 Å². The predicted molar refractivity (Wildman–Crippen MR) is 70.9 cm³/mol. The van der Waals surface area contributed by atoms with E-state index < -0.39 is 0 Å². The second-order valence-corrected chi connectivity index (χ2v) is 4.64. The van der Waals surface area contributed by atoms with Gasteiger partial charge in [0.1, 0.15) is 6.54 Å². The molecule has 0 saturated carbocycles. The van der Waals surface area contributed by atoms with Crippen molar-refractivity contribution in [1.29, 1.82) is 0 Å². The summed E-state index contributed by atoms with van der Waals surface area (Å²) in [6.45, 7) is 0.0247. The highest BCUT2D eigenvalue weighted by Crippen LogP contribution is 2.09. The van der Waals surface area contributed by atoms with Gasteiger partial charge in [-0.1, -0.05) is 0 Å². The van der Waals surface area contributed by atoms with Gasteiger partial charge in [-0.2, -0.15) is 16.4 Å². The zero-order valence-electron chi connectivity index (χ0n) is 10.3. The van der Waals surface area contributed by atoms with Crippen molar-refractivity contribution < 1.29 is 14.3 Å². The minimum atomic E-state index is -0.390. The number of esters is 1. The molecule has 0 unspecified atom stereocenters. The molecule has 0 fully saturated rings. The lowest BCUT2D eigenvalue weighted by Gasteiger charge is -2.01. The molecular formula is C12H13N3O3S. The summed E-state index contributed by atoms with van der Waals surface area (Å²) in [5, 5.41) is 10.5. The Morgan fingerprint density at radius 1 is 1.53 bits per heavy atom. The van der Waals surface area contributed by atoms with Gasteiger partial charge in [0.15, 0.2) is 0 Å². The fraction of sp³-hybridized carbons (Fsp3) is 0.250. The normalized spacial score (nSPS) is 10.2. The lowest BCUT2D eigenvalue weighted by Crippen LogP contribution is -2.14. The number of hydrogen-bond acceptors (Lipinski definition) is 5. The number of methoxy groups -OCH3 is 1. The molecule has 2 aromatic heterocycles. The molecule has 100 valence electrons. The molecule has 0 spiro atoms. The number of rotatable bonds is 5. The molecule has 0 aliphatic heterocycles. The molecule has 0 aliphatic carbocycles. The van der Waals surface area contributed by atoms with Gasteiger partial charge in [-0.3, -0.25) is 14.3 Å². The first kappa shape index (κ1) is 13.3. The van der Waals surface area contributed by atoms with Gasteiger partial charge in [0, 0.05) is 6.20 Å². The topological polar surface area (TPSA) is 73.2 Å². The largest absolute Gasteiger partial charge is 0.468 e. The van der Waals surface area contributed by atoms with Crippen molar-refractivity contribution in [2.45, 2.75) is 13.0 Å². The van der Waals surface area contributed by atoms with Crippen molar-refractivity contribution in [1.82, 2.24) is 9.78 Å². The van der Waals surface area contributed by atoms with Crippen LogP contribution < -0.4 is 5.32 Å². The van der Waals surface area contributed by atoms with Crippen molar-refractivity contribution in [3.8, 4) is 0 Å². The number of aromatic nitrogens is 2. The van der Waals surface area contributed by atoms with Crippen molar-refractivity contribution >= 4 is 28.9 Å². The summed E-state index contributed by atoms with van der Waals surface area (Å²) in [5.74, 6) is -0.504. The monoisotopic (exact) mass is 279 g/mol. The highest BCUT2D eigenvalue weighted by atomic mass is 32.1. The second kappa shape index (κ2) is 6.14. The van der Waals surface area contributed by atoms with E-state index >= 15 is 0 Å². The van der Waals surface area contributed by atoms with Crippen LogP contribution in [0, 0.1) is 0 Å². The van der Waals surface area contributed by atoms with Gasteiger partial charge in [0.2, 0.25) is 5.91 Å². The van der Waals surface area contributed by atoms with Crippen LogP contribution in [0.25, 0.3) is 0 Å². The third-order valence-electron chi connectivity index (χ3n) is 2.38. The smallest absolute Gasteiger partial charge is 0.327 e. The SMILES string of the molecule is COC(=O)Cn1cc(NC(=O)Cc2ccsc2)cn1. The van der Waals surface area contributed by atoms with Crippen LogP contribution in [-0.4, -0.2) is 28.8 Å². The number of hydrogen-bond donors (Lipinski definition) is 1. The molecular weight excluding hydrogens is 266 g/mol. The van der Waals surface area contributed by atoms with Crippen LogP contribution in [0.1, 0.15) is 5.56 Å². The van der Waals surface area contributed by atoms with Crippen LogP contribution in [0.4, 0.5) is 5.69 Å². The first-order chi connectivity index (χ1) is 9.17.